The van der Waals surface area contributed by atoms with Gasteiger partial charge in [-0.2, -0.15) is 0 Å². The van der Waals surface area contributed by atoms with Crippen LogP contribution < -0.4 is 15.4 Å². The zero-order chi connectivity index (χ0) is 25.3. The first-order chi connectivity index (χ1) is 16.0. The van der Waals surface area contributed by atoms with E-state index in [1.54, 1.807) is 12.1 Å². The number of amides is 2. The molecule has 0 aliphatic carbocycles. The zero-order valence-electron chi connectivity index (χ0n) is 18.5. The van der Waals surface area contributed by atoms with Crippen molar-refractivity contribution in [3.63, 3.8) is 0 Å². The van der Waals surface area contributed by atoms with E-state index in [0.29, 0.717) is 6.42 Å². The number of nitrogens with one attached hydrogen (secondary N) is 3. The second-order valence-electron chi connectivity index (χ2n) is 7.66. The first-order valence-corrected chi connectivity index (χ1v) is 13.2. The molecule has 0 aliphatic rings. The van der Waals surface area contributed by atoms with Gasteiger partial charge in [0, 0.05) is 0 Å². The Balaban J connectivity index is 1.85. The Morgan fingerprint density at radius 1 is 1.09 bits per heavy atom. The largest absolute Gasteiger partial charge is 0.445 e. The molecule has 1 heterocycles. The number of thiophene rings is 1. The minimum Gasteiger partial charge on any atom is -0.445 e. The van der Waals surface area contributed by atoms with Crippen molar-refractivity contribution in [3.05, 3.63) is 50.6 Å². The number of sulfonamides is 1. The van der Waals surface area contributed by atoms with Crippen molar-refractivity contribution in [2.24, 2.45) is 5.92 Å². The molecule has 0 saturated carbocycles. The van der Waals surface area contributed by atoms with Gasteiger partial charge >= 0.3 is 6.09 Å². The summed E-state index contributed by atoms with van der Waals surface area (Å²) in [5, 5.41) is 4.93. The van der Waals surface area contributed by atoms with Crippen molar-refractivity contribution in [1.82, 2.24) is 15.4 Å². The lowest BCUT2D eigenvalue weighted by Crippen LogP contribution is -2.49. The number of hydrogen-bond acceptors (Lipinski definition) is 7. The van der Waals surface area contributed by atoms with E-state index in [1.807, 2.05) is 32.0 Å². The Morgan fingerprint density at radius 2 is 1.76 bits per heavy atom. The van der Waals surface area contributed by atoms with Crippen LogP contribution in [0.5, 0.6) is 0 Å². The van der Waals surface area contributed by atoms with Gasteiger partial charge in [-0.05, 0) is 24.0 Å². The molecule has 0 radical (unpaired) electrons. The average Bonchev–Trinajstić information content (AvgIpc) is 3.13. The lowest BCUT2D eigenvalue weighted by molar-refractivity contribution is -0.126. The Bertz CT molecular complexity index is 1110. The number of carbonyl (C=O) groups is 3. The highest BCUT2D eigenvalue weighted by atomic mass is 35.5. The number of rotatable bonds is 12. The molecule has 0 bridgehead atoms. The van der Waals surface area contributed by atoms with Crippen LogP contribution in [-0.2, 0) is 31.0 Å². The highest BCUT2D eigenvalue weighted by Crippen LogP contribution is 2.33. The van der Waals surface area contributed by atoms with E-state index in [1.165, 1.54) is 6.07 Å². The molecule has 13 heteroatoms. The third kappa shape index (κ3) is 9.22. The Morgan fingerprint density at radius 3 is 2.35 bits per heavy atom. The summed E-state index contributed by atoms with van der Waals surface area (Å²) in [5.41, 5.74) is 0.793. The third-order valence-electron chi connectivity index (χ3n) is 4.36. The molecule has 0 unspecified atom stereocenters. The predicted molar refractivity (Wildman–Crippen MR) is 131 cm³/mol. The summed E-state index contributed by atoms with van der Waals surface area (Å²) in [5.74, 6) is -1.12. The predicted octanol–water partition coefficient (Wildman–Crippen LogP) is 3.36. The maximum absolute atomic E-state index is 12.6. The first kappa shape index (κ1) is 28.1. The van der Waals surface area contributed by atoms with Crippen LogP contribution in [-0.4, -0.2) is 45.3 Å². The number of benzene rings is 1. The molecule has 0 saturated heterocycles. The lowest BCUT2D eigenvalue weighted by atomic mass is 10.0. The molecule has 0 spiro atoms. The molecule has 0 aliphatic heterocycles. The standard InChI is InChI=1S/C21H25Cl2N3O6S2/c1-13(2)8-16(26-21(29)32-12-14-6-4-3-5-7-14)20(28)24-10-15(27)11-25-34(30,31)17-9-18(22)33-19(17)23/h3-7,9,13,16,25H,8,10-12H2,1-2H3,(H,24,28)(H,26,29)/t16-/m0/s1. The van der Waals surface area contributed by atoms with Crippen LogP contribution >= 0.6 is 34.5 Å². The highest BCUT2D eigenvalue weighted by molar-refractivity contribution is 7.89. The van der Waals surface area contributed by atoms with Gasteiger partial charge in [-0.15, -0.1) is 11.3 Å². The maximum Gasteiger partial charge on any atom is 0.408 e. The van der Waals surface area contributed by atoms with Crippen LogP contribution in [0, 0.1) is 5.92 Å². The summed E-state index contributed by atoms with van der Waals surface area (Å²) in [7, 11) is -4.04. The van der Waals surface area contributed by atoms with Gasteiger partial charge in [-0.3, -0.25) is 9.59 Å². The normalized spacial score (nSPS) is 12.3. The van der Waals surface area contributed by atoms with E-state index in [2.05, 4.69) is 15.4 Å². The van der Waals surface area contributed by atoms with Crippen molar-refractivity contribution >= 4 is 62.3 Å². The van der Waals surface area contributed by atoms with Crippen molar-refractivity contribution in [3.8, 4) is 0 Å². The molecule has 9 nitrogen and oxygen atoms in total. The van der Waals surface area contributed by atoms with Crippen LogP contribution in [0.15, 0.2) is 41.3 Å². The van der Waals surface area contributed by atoms with E-state index in [9.17, 15) is 22.8 Å². The van der Waals surface area contributed by atoms with Gasteiger partial charge in [0.25, 0.3) is 0 Å². The van der Waals surface area contributed by atoms with Gasteiger partial charge in [-0.1, -0.05) is 67.4 Å². The van der Waals surface area contributed by atoms with Crippen LogP contribution in [0.4, 0.5) is 4.79 Å². The third-order valence-corrected chi connectivity index (χ3v) is 7.52. The molecule has 1 atom stereocenters. The highest BCUT2D eigenvalue weighted by Gasteiger charge is 2.24. The number of alkyl carbamates (subject to hydrolysis) is 1. The number of Topliss-reactive ketones (excluding diaryl/α,β-unsaturated/α-hetero) is 1. The molecular formula is C21H25Cl2N3O6S2. The van der Waals surface area contributed by atoms with Crippen LogP contribution in [0.3, 0.4) is 0 Å². The van der Waals surface area contributed by atoms with Gasteiger partial charge < -0.3 is 15.4 Å². The van der Waals surface area contributed by atoms with Gasteiger partial charge in [0.2, 0.25) is 15.9 Å². The SMILES string of the molecule is CC(C)C[C@H](NC(=O)OCc1ccccc1)C(=O)NCC(=O)CNS(=O)(=O)c1cc(Cl)sc1Cl. The van der Waals surface area contributed by atoms with Gasteiger partial charge in [0.1, 0.15) is 21.9 Å². The summed E-state index contributed by atoms with van der Waals surface area (Å²) in [6.07, 6.45) is -0.458. The fourth-order valence-electron chi connectivity index (χ4n) is 2.74. The van der Waals surface area contributed by atoms with Gasteiger partial charge in [0.05, 0.1) is 17.4 Å². The van der Waals surface area contributed by atoms with E-state index in [-0.39, 0.29) is 26.1 Å². The van der Waals surface area contributed by atoms with Crippen LogP contribution in [0.25, 0.3) is 0 Å². The average molecular weight is 550 g/mol. The first-order valence-electron chi connectivity index (χ1n) is 10.2. The molecule has 2 amide bonds. The van der Waals surface area contributed by atoms with E-state index < -0.39 is 46.9 Å². The number of hydrogen-bond donors (Lipinski definition) is 3. The Labute approximate surface area is 212 Å². The quantitative estimate of drug-likeness (QED) is 0.372. The Kier molecular flexibility index (Phi) is 10.8. The number of halogens is 2. The van der Waals surface area contributed by atoms with Crippen molar-refractivity contribution in [2.75, 3.05) is 13.1 Å². The molecule has 1 aromatic heterocycles. The monoisotopic (exact) mass is 549 g/mol. The van der Waals surface area contributed by atoms with E-state index >= 15 is 0 Å². The minimum absolute atomic E-state index is 0.0278. The fourth-order valence-corrected chi connectivity index (χ4v) is 5.90. The number of ether oxygens (including phenoxy) is 1. The van der Waals surface area contributed by atoms with Crippen LogP contribution in [0.1, 0.15) is 25.8 Å². The van der Waals surface area contributed by atoms with Gasteiger partial charge in [-0.25, -0.2) is 17.9 Å². The minimum atomic E-state index is -4.04. The second-order valence-corrected chi connectivity index (χ2v) is 11.7. The molecule has 3 N–H and O–H groups in total. The van der Waals surface area contributed by atoms with Gasteiger partial charge in [0.15, 0.2) is 5.78 Å². The zero-order valence-corrected chi connectivity index (χ0v) is 21.6. The molecule has 186 valence electrons. The summed E-state index contributed by atoms with van der Waals surface area (Å²) in [6, 6.07) is 9.31. The van der Waals surface area contributed by atoms with Crippen LogP contribution in [0.2, 0.25) is 8.67 Å². The molecule has 34 heavy (non-hydrogen) atoms. The molecule has 2 aromatic rings. The lowest BCUT2D eigenvalue weighted by Gasteiger charge is -2.20. The molecule has 2 rings (SSSR count). The smallest absolute Gasteiger partial charge is 0.408 e. The fraction of sp³-hybridized carbons (Fsp3) is 0.381. The summed E-state index contributed by atoms with van der Waals surface area (Å²) in [4.78, 5) is 36.6. The summed E-state index contributed by atoms with van der Waals surface area (Å²) in [6.45, 7) is 2.79. The topological polar surface area (TPSA) is 131 Å². The molecular weight excluding hydrogens is 525 g/mol. The van der Waals surface area contributed by atoms with E-state index in [4.69, 9.17) is 27.9 Å². The summed E-state index contributed by atoms with van der Waals surface area (Å²) < 4.78 is 32.0. The second kappa shape index (κ2) is 13.1. The summed E-state index contributed by atoms with van der Waals surface area (Å²) >= 11 is 12.5. The molecule has 1 aromatic carbocycles. The van der Waals surface area contributed by atoms with E-state index in [0.717, 1.165) is 16.9 Å². The molecule has 0 fully saturated rings. The maximum atomic E-state index is 12.6. The van der Waals surface area contributed by atoms with Crippen molar-refractivity contribution < 1.29 is 27.5 Å². The number of carbonyl (C=O) groups excluding carboxylic acids is 3. The Hall–Kier alpha value is -2.18. The van der Waals surface area contributed by atoms with Crippen molar-refractivity contribution in [1.29, 1.82) is 0 Å². The number of ketones is 1. The van der Waals surface area contributed by atoms with Crippen molar-refractivity contribution in [2.45, 2.75) is 37.8 Å².